The number of aromatic nitrogens is 1. The van der Waals surface area contributed by atoms with Crippen molar-refractivity contribution in [3.05, 3.63) is 70.3 Å². The van der Waals surface area contributed by atoms with Gasteiger partial charge in [0.1, 0.15) is 22.9 Å². The molecular formula is C28H29Cl2N3O5. The smallest absolute Gasteiger partial charge is 0.410 e. The van der Waals surface area contributed by atoms with Gasteiger partial charge in [-0.3, -0.25) is 0 Å². The lowest BCUT2D eigenvalue weighted by atomic mass is 10.0. The van der Waals surface area contributed by atoms with E-state index in [1.54, 1.807) is 47.5 Å². The van der Waals surface area contributed by atoms with E-state index in [0.717, 1.165) is 11.4 Å². The fourth-order valence-corrected chi connectivity index (χ4v) is 4.51. The van der Waals surface area contributed by atoms with Crippen LogP contribution in [0.3, 0.4) is 0 Å². The third-order valence-corrected chi connectivity index (χ3v) is 6.17. The van der Waals surface area contributed by atoms with Gasteiger partial charge in [0.25, 0.3) is 0 Å². The molecule has 8 nitrogen and oxygen atoms in total. The van der Waals surface area contributed by atoms with Gasteiger partial charge in [-0.1, -0.05) is 23.2 Å². The zero-order chi connectivity index (χ0) is 27.4. The lowest BCUT2D eigenvalue weighted by Crippen LogP contribution is -2.50. The van der Waals surface area contributed by atoms with Gasteiger partial charge in [0.2, 0.25) is 0 Å². The average Bonchev–Trinajstić information content (AvgIpc) is 2.87. The van der Waals surface area contributed by atoms with Gasteiger partial charge in [0.05, 0.1) is 18.9 Å². The number of hydrogen-bond acceptors (Lipinski definition) is 7. The van der Waals surface area contributed by atoms with Gasteiger partial charge in [0, 0.05) is 36.2 Å². The predicted molar refractivity (Wildman–Crippen MR) is 148 cm³/mol. The number of carbonyl (C=O) groups excluding carboxylic acids is 2. The highest BCUT2D eigenvalue weighted by molar-refractivity contribution is 6.35. The molecule has 200 valence electrons. The number of halogens is 2. The van der Waals surface area contributed by atoms with E-state index in [1.807, 2.05) is 32.9 Å². The van der Waals surface area contributed by atoms with Crippen LogP contribution in [0.2, 0.25) is 10.0 Å². The Balaban J connectivity index is 1.47. The molecule has 0 bridgehead atoms. The number of piperazine rings is 1. The molecule has 0 saturated carbocycles. The molecule has 1 saturated heterocycles. The number of pyridine rings is 1. The first-order valence-corrected chi connectivity index (χ1v) is 12.8. The first-order valence-electron chi connectivity index (χ1n) is 12.1. The molecule has 0 N–H and O–H groups in total. The van der Waals surface area contributed by atoms with Gasteiger partial charge in [-0.15, -0.1) is 0 Å². The van der Waals surface area contributed by atoms with E-state index in [1.165, 1.54) is 7.11 Å². The largest absolute Gasteiger partial charge is 0.465 e. The fourth-order valence-electron chi connectivity index (χ4n) is 3.98. The minimum absolute atomic E-state index is 0.303. The van der Waals surface area contributed by atoms with Gasteiger partial charge >= 0.3 is 12.1 Å². The molecule has 2 heterocycles. The lowest BCUT2D eigenvalue weighted by molar-refractivity contribution is 0.0240. The molecular weight excluding hydrogens is 529 g/mol. The summed E-state index contributed by atoms with van der Waals surface area (Å²) in [6, 6.07) is 13.9. The Morgan fingerprint density at radius 3 is 2.11 bits per heavy atom. The monoisotopic (exact) mass is 557 g/mol. The van der Waals surface area contributed by atoms with Crippen molar-refractivity contribution >= 4 is 41.1 Å². The summed E-state index contributed by atoms with van der Waals surface area (Å²) < 4.78 is 16.4. The molecule has 3 aromatic rings. The van der Waals surface area contributed by atoms with Crippen molar-refractivity contribution in [3.63, 3.8) is 0 Å². The number of benzene rings is 2. The number of rotatable bonds is 5. The molecule has 0 spiro atoms. The van der Waals surface area contributed by atoms with Gasteiger partial charge in [0.15, 0.2) is 0 Å². The Labute approximate surface area is 232 Å². The van der Waals surface area contributed by atoms with E-state index < -0.39 is 11.6 Å². The molecule has 0 aliphatic carbocycles. The van der Waals surface area contributed by atoms with Crippen LogP contribution in [0.25, 0.3) is 11.1 Å². The molecule has 0 atom stereocenters. The minimum atomic E-state index is -0.524. The minimum Gasteiger partial charge on any atom is -0.465 e. The van der Waals surface area contributed by atoms with E-state index in [9.17, 15) is 9.59 Å². The zero-order valence-corrected chi connectivity index (χ0v) is 23.2. The number of amides is 1. The second kappa shape index (κ2) is 11.5. The first kappa shape index (κ1) is 27.5. The Morgan fingerprint density at radius 1 is 0.868 bits per heavy atom. The van der Waals surface area contributed by atoms with Crippen LogP contribution in [0.4, 0.5) is 10.6 Å². The number of anilines is 1. The Bertz CT molecular complexity index is 1300. The van der Waals surface area contributed by atoms with Crippen LogP contribution in [-0.2, 0) is 9.47 Å². The van der Waals surface area contributed by atoms with E-state index in [-0.39, 0.29) is 6.09 Å². The molecule has 1 fully saturated rings. The van der Waals surface area contributed by atoms with Crippen molar-refractivity contribution in [2.24, 2.45) is 0 Å². The highest BCUT2D eigenvalue weighted by atomic mass is 35.5. The molecule has 0 unspecified atom stereocenters. The van der Waals surface area contributed by atoms with Crippen molar-refractivity contribution in [1.82, 2.24) is 9.88 Å². The molecule has 0 radical (unpaired) electrons. The van der Waals surface area contributed by atoms with Crippen LogP contribution in [0.5, 0.6) is 11.5 Å². The van der Waals surface area contributed by atoms with Gasteiger partial charge < -0.3 is 24.0 Å². The molecule has 1 aliphatic heterocycles. The lowest BCUT2D eigenvalue weighted by Gasteiger charge is -2.36. The summed E-state index contributed by atoms with van der Waals surface area (Å²) in [6.07, 6.45) is 1.32. The highest BCUT2D eigenvalue weighted by Crippen LogP contribution is 2.33. The van der Waals surface area contributed by atoms with Crippen molar-refractivity contribution in [2.75, 3.05) is 38.2 Å². The standard InChI is InChI=1S/C28H29Cl2N3O5/c1-28(2,3)38-27(35)33-9-7-32(8-10-33)25-6-5-23(17-31-25)37-24-14-18(11-20(15-24)26(34)36-4)19-12-21(29)16-22(30)13-19/h5-6,11-17H,7-10H2,1-4H3. The van der Waals surface area contributed by atoms with Crippen LogP contribution < -0.4 is 9.64 Å². The summed E-state index contributed by atoms with van der Waals surface area (Å²) in [4.78, 5) is 33.0. The van der Waals surface area contributed by atoms with Crippen LogP contribution in [0.1, 0.15) is 31.1 Å². The summed E-state index contributed by atoms with van der Waals surface area (Å²) in [5.74, 6) is 1.21. The van der Waals surface area contributed by atoms with Crippen LogP contribution >= 0.6 is 23.2 Å². The summed E-state index contributed by atoms with van der Waals surface area (Å²) in [5.41, 5.74) is 1.23. The van der Waals surface area contributed by atoms with E-state index in [4.69, 9.17) is 37.4 Å². The third kappa shape index (κ3) is 7.08. The van der Waals surface area contributed by atoms with Crippen molar-refractivity contribution < 1.29 is 23.8 Å². The SMILES string of the molecule is COC(=O)c1cc(Oc2ccc(N3CCN(C(=O)OC(C)(C)C)CC3)nc2)cc(-c2cc(Cl)cc(Cl)c2)c1. The van der Waals surface area contributed by atoms with Crippen molar-refractivity contribution in [2.45, 2.75) is 26.4 Å². The zero-order valence-electron chi connectivity index (χ0n) is 21.7. The quantitative estimate of drug-likeness (QED) is 0.323. The van der Waals surface area contributed by atoms with Gasteiger partial charge in [-0.2, -0.15) is 0 Å². The third-order valence-electron chi connectivity index (χ3n) is 5.74. The Morgan fingerprint density at radius 2 is 1.53 bits per heavy atom. The normalized spacial score (nSPS) is 13.7. The summed E-state index contributed by atoms with van der Waals surface area (Å²) in [6.45, 7) is 7.94. The first-order chi connectivity index (χ1) is 18.0. The number of carbonyl (C=O) groups is 2. The number of methoxy groups -OCH3 is 1. The van der Waals surface area contributed by atoms with Gasteiger partial charge in [-0.25, -0.2) is 14.6 Å². The maximum atomic E-state index is 12.3. The van der Waals surface area contributed by atoms with Crippen molar-refractivity contribution in [3.8, 4) is 22.6 Å². The molecule has 10 heteroatoms. The molecule has 38 heavy (non-hydrogen) atoms. The Kier molecular flexibility index (Phi) is 8.33. The molecule has 1 amide bonds. The molecule has 4 rings (SSSR count). The van der Waals surface area contributed by atoms with Crippen LogP contribution in [0.15, 0.2) is 54.7 Å². The molecule has 1 aliphatic rings. The van der Waals surface area contributed by atoms with Crippen molar-refractivity contribution in [1.29, 1.82) is 0 Å². The summed E-state index contributed by atoms with van der Waals surface area (Å²) >= 11 is 12.4. The summed E-state index contributed by atoms with van der Waals surface area (Å²) in [7, 11) is 1.32. The van der Waals surface area contributed by atoms with Gasteiger partial charge in [-0.05, 0) is 80.4 Å². The molecule has 2 aromatic carbocycles. The predicted octanol–water partition coefficient (Wildman–Crippen LogP) is 6.69. The van der Waals surface area contributed by atoms with Crippen LogP contribution in [-0.4, -0.2) is 60.8 Å². The maximum Gasteiger partial charge on any atom is 0.410 e. The summed E-state index contributed by atoms with van der Waals surface area (Å²) in [5, 5.41) is 0.954. The van der Waals surface area contributed by atoms with Crippen LogP contribution in [0, 0.1) is 0 Å². The number of esters is 1. The fraction of sp³-hybridized carbons (Fsp3) is 0.321. The maximum absolute atomic E-state index is 12.3. The molecule has 1 aromatic heterocycles. The topological polar surface area (TPSA) is 81.2 Å². The average molecular weight is 558 g/mol. The van der Waals surface area contributed by atoms with E-state index in [2.05, 4.69) is 9.88 Å². The second-order valence-electron chi connectivity index (χ2n) is 9.80. The number of ether oxygens (including phenoxy) is 3. The van der Waals surface area contributed by atoms with E-state index >= 15 is 0 Å². The Hall–Kier alpha value is -3.49. The second-order valence-corrected chi connectivity index (χ2v) is 10.7. The number of hydrogen-bond donors (Lipinski definition) is 0. The van der Waals surface area contributed by atoms with E-state index in [0.29, 0.717) is 58.9 Å². The highest BCUT2D eigenvalue weighted by Gasteiger charge is 2.26. The number of nitrogens with zero attached hydrogens (tertiary/aromatic N) is 3.